The summed E-state index contributed by atoms with van der Waals surface area (Å²) in [6.45, 7) is 0. The first-order valence-electron chi connectivity index (χ1n) is 7.51. The zero-order valence-electron chi connectivity index (χ0n) is 14.1. The molecular formula is C19H16FNO5. The van der Waals surface area contributed by atoms with Gasteiger partial charge in [-0.25, -0.2) is 14.0 Å². The average molecular weight is 357 g/mol. The van der Waals surface area contributed by atoms with Crippen LogP contribution in [0.25, 0.3) is 0 Å². The van der Waals surface area contributed by atoms with Crippen molar-refractivity contribution in [2.45, 2.75) is 0 Å². The summed E-state index contributed by atoms with van der Waals surface area (Å²) in [5, 5.41) is 2.47. The number of halogens is 1. The highest BCUT2D eigenvalue weighted by molar-refractivity contribution is 6.13. The number of ether oxygens (including phenoxy) is 2. The van der Waals surface area contributed by atoms with E-state index in [2.05, 4.69) is 14.8 Å². The number of esters is 2. The van der Waals surface area contributed by atoms with Crippen LogP contribution >= 0.6 is 0 Å². The first kappa shape index (κ1) is 18.9. The Bertz CT molecular complexity index is 861. The minimum absolute atomic E-state index is 0.00383. The van der Waals surface area contributed by atoms with E-state index in [0.29, 0.717) is 5.56 Å². The zero-order valence-corrected chi connectivity index (χ0v) is 14.1. The number of rotatable bonds is 6. The number of anilines is 1. The summed E-state index contributed by atoms with van der Waals surface area (Å²) in [5.41, 5.74) is -0.276. The van der Waals surface area contributed by atoms with Crippen molar-refractivity contribution in [1.82, 2.24) is 0 Å². The lowest BCUT2D eigenvalue weighted by molar-refractivity contribution is -0.138. The molecule has 0 amide bonds. The van der Waals surface area contributed by atoms with Crippen molar-refractivity contribution in [3.8, 4) is 0 Å². The highest BCUT2D eigenvalue weighted by Gasteiger charge is 2.21. The monoisotopic (exact) mass is 357 g/mol. The molecule has 26 heavy (non-hydrogen) atoms. The Hall–Kier alpha value is -3.48. The van der Waals surface area contributed by atoms with E-state index in [1.54, 1.807) is 30.3 Å². The fourth-order valence-corrected chi connectivity index (χ4v) is 2.15. The Kier molecular flexibility index (Phi) is 6.21. The summed E-state index contributed by atoms with van der Waals surface area (Å²) < 4.78 is 23.4. The Labute approximate surface area is 149 Å². The van der Waals surface area contributed by atoms with Gasteiger partial charge in [0.05, 0.1) is 26.0 Å². The predicted molar refractivity (Wildman–Crippen MR) is 92.0 cm³/mol. The van der Waals surface area contributed by atoms with E-state index in [9.17, 15) is 18.8 Å². The molecule has 0 saturated carbocycles. The minimum atomic E-state index is -0.920. The second kappa shape index (κ2) is 8.57. The summed E-state index contributed by atoms with van der Waals surface area (Å²) >= 11 is 0. The SMILES string of the molecule is COC(=O)/C=C(/Nc1c(F)cccc1C(=O)c1ccccc1)C(=O)OC. The molecule has 0 aliphatic carbocycles. The van der Waals surface area contributed by atoms with Gasteiger partial charge >= 0.3 is 11.9 Å². The van der Waals surface area contributed by atoms with Crippen molar-refractivity contribution in [2.75, 3.05) is 19.5 Å². The van der Waals surface area contributed by atoms with Gasteiger partial charge in [0.2, 0.25) is 0 Å². The van der Waals surface area contributed by atoms with Gasteiger partial charge in [0.25, 0.3) is 0 Å². The number of carbonyl (C=O) groups excluding carboxylic acids is 3. The maximum Gasteiger partial charge on any atom is 0.354 e. The van der Waals surface area contributed by atoms with Crippen LogP contribution in [0.15, 0.2) is 60.3 Å². The number of hydrogen-bond donors (Lipinski definition) is 1. The second-order valence-electron chi connectivity index (χ2n) is 5.06. The molecule has 0 bridgehead atoms. The zero-order chi connectivity index (χ0) is 19.1. The average Bonchev–Trinajstić information content (AvgIpc) is 2.68. The first-order chi connectivity index (χ1) is 12.5. The van der Waals surface area contributed by atoms with E-state index in [1.807, 2.05) is 0 Å². The van der Waals surface area contributed by atoms with E-state index in [0.717, 1.165) is 26.4 Å². The fourth-order valence-electron chi connectivity index (χ4n) is 2.15. The molecule has 0 heterocycles. The van der Waals surface area contributed by atoms with Crippen LogP contribution in [0.3, 0.4) is 0 Å². The van der Waals surface area contributed by atoms with Crippen molar-refractivity contribution >= 4 is 23.4 Å². The molecule has 6 nitrogen and oxygen atoms in total. The molecule has 0 unspecified atom stereocenters. The van der Waals surface area contributed by atoms with Crippen LogP contribution < -0.4 is 5.32 Å². The van der Waals surface area contributed by atoms with Crippen LogP contribution in [0.4, 0.5) is 10.1 Å². The van der Waals surface area contributed by atoms with E-state index >= 15 is 0 Å². The highest BCUT2D eigenvalue weighted by atomic mass is 19.1. The topological polar surface area (TPSA) is 81.7 Å². The number of ketones is 1. The number of nitrogens with one attached hydrogen (secondary N) is 1. The molecule has 0 aromatic heterocycles. The third kappa shape index (κ3) is 4.32. The molecule has 7 heteroatoms. The standard InChI is InChI=1S/C19H16FNO5/c1-25-16(22)11-15(19(24)26-2)21-17-13(9-6-10-14(17)20)18(23)12-7-4-3-5-8-12/h3-11,21H,1-2H3/b15-11+. The maximum atomic E-state index is 14.4. The van der Waals surface area contributed by atoms with Gasteiger partial charge in [0.1, 0.15) is 11.5 Å². The second-order valence-corrected chi connectivity index (χ2v) is 5.06. The molecule has 1 N–H and O–H groups in total. The Morgan fingerprint density at radius 3 is 2.27 bits per heavy atom. The van der Waals surface area contributed by atoms with Crippen molar-refractivity contribution in [3.63, 3.8) is 0 Å². The van der Waals surface area contributed by atoms with Crippen LogP contribution in [0, 0.1) is 5.82 Å². The molecule has 0 radical (unpaired) electrons. The summed E-state index contributed by atoms with van der Waals surface area (Å²) in [5.74, 6) is -2.98. The number of hydrogen-bond acceptors (Lipinski definition) is 6. The quantitative estimate of drug-likeness (QED) is 0.486. The summed E-state index contributed by atoms with van der Waals surface area (Å²) in [4.78, 5) is 36.0. The Morgan fingerprint density at radius 1 is 0.962 bits per heavy atom. The van der Waals surface area contributed by atoms with E-state index < -0.39 is 23.5 Å². The normalized spacial score (nSPS) is 10.8. The number of para-hydroxylation sites is 1. The fraction of sp³-hybridized carbons (Fsp3) is 0.105. The molecule has 2 aromatic rings. The van der Waals surface area contributed by atoms with Crippen molar-refractivity contribution in [1.29, 1.82) is 0 Å². The molecule has 0 saturated heterocycles. The molecular weight excluding hydrogens is 341 g/mol. The molecule has 134 valence electrons. The van der Waals surface area contributed by atoms with Crippen molar-refractivity contribution < 1.29 is 28.2 Å². The van der Waals surface area contributed by atoms with Gasteiger partial charge < -0.3 is 14.8 Å². The Balaban J connectivity index is 2.49. The van der Waals surface area contributed by atoms with Crippen LogP contribution in [0.2, 0.25) is 0 Å². The van der Waals surface area contributed by atoms with Gasteiger partial charge in [-0.2, -0.15) is 0 Å². The van der Waals surface area contributed by atoms with Gasteiger partial charge in [0, 0.05) is 11.1 Å². The van der Waals surface area contributed by atoms with Gasteiger partial charge in [-0.15, -0.1) is 0 Å². The molecule has 0 aliphatic heterocycles. The van der Waals surface area contributed by atoms with E-state index in [-0.39, 0.29) is 16.9 Å². The lowest BCUT2D eigenvalue weighted by Crippen LogP contribution is -2.18. The largest absolute Gasteiger partial charge is 0.466 e. The number of carbonyl (C=O) groups is 3. The molecule has 0 spiro atoms. The highest BCUT2D eigenvalue weighted by Crippen LogP contribution is 2.24. The van der Waals surface area contributed by atoms with Gasteiger partial charge in [0.15, 0.2) is 5.78 Å². The lowest BCUT2D eigenvalue weighted by Gasteiger charge is -2.14. The predicted octanol–water partition coefficient (Wildman–Crippen LogP) is 2.70. The van der Waals surface area contributed by atoms with Crippen molar-refractivity contribution in [3.05, 3.63) is 77.2 Å². The van der Waals surface area contributed by atoms with E-state index in [4.69, 9.17) is 0 Å². The number of benzene rings is 2. The lowest BCUT2D eigenvalue weighted by atomic mass is 10.0. The molecule has 2 aromatic carbocycles. The van der Waals surface area contributed by atoms with Crippen LogP contribution in [0.1, 0.15) is 15.9 Å². The van der Waals surface area contributed by atoms with Crippen molar-refractivity contribution in [2.24, 2.45) is 0 Å². The smallest absolute Gasteiger partial charge is 0.354 e. The van der Waals surface area contributed by atoms with Gasteiger partial charge in [-0.05, 0) is 12.1 Å². The van der Waals surface area contributed by atoms with Crippen LogP contribution in [-0.4, -0.2) is 31.9 Å². The maximum absolute atomic E-state index is 14.4. The summed E-state index contributed by atoms with van der Waals surface area (Å²) in [6.07, 6.45) is 0.815. The number of methoxy groups -OCH3 is 2. The molecule has 0 atom stereocenters. The van der Waals surface area contributed by atoms with Crippen LogP contribution in [-0.2, 0) is 19.1 Å². The molecule has 0 aliphatic rings. The van der Waals surface area contributed by atoms with Crippen LogP contribution in [0.5, 0.6) is 0 Å². The van der Waals surface area contributed by atoms with Gasteiger partial charge in [-0.1, -0.05) is 36.4 Å². The third-order valence-corrected chi connectivity index (χ3v) is 3.42. The summed E-state index contributed by atoms with van der Waals surface area (Å²) in [6, 6.07) is 12.2. The van der Waals surface area contributed by atoms with Gasteiger partial charge in [-0.3, -0.25) is 4.79 Å². The van der Waals surface area contributed by atoms with E-state index in [1.165, 1.54) is 12.1 Å². The molecule has 0 fully saturated rings. The first-order valence-corrected chi connectivity index (χ1v) is 7.51. The summed E-state index contributed by atoms with van der Waals surface area (Å²) in [7, 11) is 2.23. The molecule has 2 rings (SSSR count). The third-order valence-electron chi connectivity index (χ3n) is 3.42. The Morgan fingerprint density at radius 2 is 1.65 bits per heavy atom. The minimum Gasteiger partial charge on any atom is -0.466 e.